The Balaban J connectivity index is 1.59. The third kappa shape index (κ3) is 3.23. The lowest BCUT2D eigenvalue weighted by Gasteiger charge is -2.34. The fourth-order valence-electron chi connectivity index (χ4n) is 2.13. The predicted octanol–water partition coefficient (Wildman–Crippen LogP) is 0.233. The van der Waals surface area contributed by atoms with E-state index >= 15 is 0 Å². The molecule has 3 nitrogen and oxygen atoms in total. The first-order valence-electron chi connectivity index (χ1n) is 5.98. The Kier molecular flexibility index (Phi) is 3.79. The number of nitrogens with one attached hydrogen (secondary N) is 1. The van der Waals surface area contributed by atoms with E-state index in [1.807, 2.05) is 7.05 Å². The van der Waals surface area contributed by atoms with Gasteiger partial charge >= 0.3 is 0 Å². The van der Waals surface area contributed by atoms with E-state index in [-0.39, 0.29) is 0 Å². The topological polar surface area (TPSA) is 18.5 Å². The van der Waals surface area contributed by atoms with Crippen LogP contribution in [0.2, 0.25) is 0 Å². The van der Waals surface area contributed by atoms with Crippen LogP contribution in [0, 0.1) is 5.92 Å². The quantitative estimate of drug-likeness (QED) is 0.681. The van der Waals surface area contributed by atoms with Crippen molar-refractivity contribution in [3.8, 4) is 0 Å². The highest BCUT2D eigenvalue weighted by atomic mass is 15.3. The average molecular weight is 197 g/mol. The molecule has 2 rings (SSSR count). The summed E-state index contributed by atoms with van der Waals surface area (Å²) in [6.07, 6.45) is 2.97. The molecule has 0 atom stereocenters. The monoisotopic (exact) mass is 197 g/mol. The van der Waals surface area contributed by atoms with Gasteiger partial charge in [-0.3, -0.25) is 4.90 Å². The summed E-state index contributed by atoms with van der Waals surface area (Å²) in [5, 5.41) is 3.21. The van der Waals surface area contributed by atoms with Crippen LogP contribution in [0.15, 0.2) is 0 Å². The molecule has 0 aromatic heterocycles. The molecule has 1 saturated carbocycles. The van der Waals surface area contributed by atoms with Crippen molar-refractivity contribution in [2.75, 3.05) is 52.9 Å². The normalized spacial score (nSPS) is 25.5. The molecule has 14 heavy (non-hydrogen) atoms. The molecule has 1 N–H and O–H groups in total. The van der Waals surface area contributed by atoms with Crippen molar-refractivity contribution in [1.29, 1.82) is 0 Å². The molecule has 0 aromatic carbocycles. The van der Waals surface area contributed by atoms with Gasteiger partial charge in [-0.1, -0.05) is 0 Å². The van der Waals surface area contributed by atoms with Gasteiger partial charge < -0.3 is 10.2 Å². The Morgan fingerprint density at radius 2 is 1.71 bits per heavy atom. The Bertz CT molecular complexity index is 160. The minimum absolute atomic E-state index is 1.05. The number of likely N-dealkylation sites (N-methyl/N-ethyl adjacent to an activating group) is 1. The molecule has 82 valence electrons. The summed E-state index contributed by atoms with van der Waals surface area (Å²) in [7, 11) is 2.03. The van der Waals surface area contributed by atoms with Gasteiger partial charge in [-0.15, -0.1) is 0 Å². The highest BCUT2D eigenvalue weighted by Gasteiger charge is 2.25. The summed E-state index contributed by atoms with van der Waals surface area (Å²) in [6.45, 7) is 8.85. The van der Waals surface area contributed by atoms with Crippen LogP contribution in [0.25, 0.3) is 0 Å². The van der Waals surface area contributed by atoms with Crippen molar-refractivity contribution in [2.45, 2.75) is 12.8 Å². The third-order valence-electron chi connectivity index (χ3n) is 3.36. The number of piperazine rings is 1. The average Bonchev–Trinajstić information content (AvgIpc) is 3.01. The SMILES string of the molecule is CNCCN1CCN(CC2CC2)CC1. The summed E-state index contributed by atoms with van der Waals surface area (Å²) in [4.78, 5) is 5.22. The molecule has 1 aliphatic heterocycles. The summed E-state index contributed by atoms with van der Waals surface area (Å²) < 4.78 is 0. The fraction of sp³-hybridized carbons (Fsp3) is 1.00. The van der Waals surface area contributed by atoms with Gasteiger partial charge in [0.15, 0.2) is 0 Å². The van der Waals surface area contributed by atoms with Gasteiger partial charge in [0, 0.05) is 45.8 Å². The van der Waals surface area contributed by atoms with Crippen LogP contribution in [0.3, 0.4) is 0 Å². The molecule has 0 unspecified atom stereocenters. The van der Waals surface area contributed by atoms with E-state index in [0.717, 1.165) is 12.5 Å². The number of hydrogen-bond acceptors (Lipinski definition) is 3. The van der Waals surface area contributed by atoms with Crippen LogP contribution in [-0.2, 0) is 0 Å². The lowest BCUT2D eigenvalue weighted by Crippen LogP contribution is -2.48. The highest BCUT2D eigenvalue weighted by Crippen LogP contribution is 2.29. The van der Waals surface area contributed by atoms with E-state index in [4.69, 9.17) is 0 Å². The first kappa shape index (κ1) is 10.4. The van der Waals surface area contributed by atoms with E-state index in [9.17, 15) is 0 Å². The highest BCUT2D eigenvalue weighted by molar-refractivity contribution is 4.80. The third-order valence-corrected chi connectivity index (χ3v) is 3.36. The Morgan fingerprint density at radius 3 is 2.29 bits per heavy atom. The summed E-state index contributed by atoms with van der Waals surface area (Å²) in [5.41, 5.74) is 0. The molecule has 0 aromatic rings. The zero-order chi connectivity index (χ0) is 9.80. The van der Waals surface area contributed by atoms with E-state index < -0.39 is 0 Å². The minimum atomic E-state index is 1.05. The maximum absolute atomic E-state index is 3.21. The molecule has 2 fully saturated rings. The summed E-state index contributed by atoms with van der Waals surface area (Å²) >= 11 is 0. The number of hydrogen-bond donors (Lipinski definition) is 1. The lowest BCUT2D eigenvalue weighted by molar-refractivity contribution is 0.129. The van der Waals surface area contributed by atoms with Gasteiger partial charge in [-0.2, -0.15) is 0 Å². The Labute approximate surface area is 87.4 Å². The molecule has 0 bridgehead atoms. The van der Waals surface area contributed by atoms with Crippen LogP contribution in [0.4, 0.5) is 0 Å². The van der Waals surface area contributed by atoms with Crippen LogP contribution in [0.1, 0.15) is 12.8 Å². The van der Waals surface area contributed by atoms with Crippen LogP contribution >= 0.6 is 0 Å². The minimum Gasteiger partial charge on any atom is -0.318 e. The zero-order valence-corrected chi connectivity index (χ0v) is 9.34. The molecular formula is C11H23N3. The maximum Gasteiger partial charge on any atom is 0.0110 e. The summed E-state index contributed by atoms with van der Waals surface area (Å²) in [6, 6.07) is 0. The van der Waals surface area contributed by atoms with Gasteiger partial charge in [0.2, 0.25) is 0 Å². The first-order chi connectivity index (χ1) is 6.88. The second-order valence-electron chi connectivity index (χ2n) is 4.69. The molecule has 3 heteroatoms. The number of nitrogens with zero attached hydrogens (tertiary/aromatic N) is 2. The zero-order valence-electron chi connectivity index (χ0n) is 9.34. The largest absolute Gasteiger partial charge is 0.318 e. The van der Waals surface area contributed by atoms with Gasteiger partial charge in [0.25, 0.3) is 0 Å². The second-order valence-corrected chi connectivity index (χ2v) is 4.69. The van der Waals surface area contributed by atoms with Gasteiger partial charge in [-0.25, -0.2) is 0 Å². The molecule has 0 radical (unpaired) electrons. The van der Waals surface area contributed by atoms with E-state index in [1.54, 1.807) is 0 Å². The van der Waals surface area contributed by atoms with Crippen molar-refractivity contribution in [1.82, 2.24) is 15.1 Å². The Hall–Kier alpha value is -0.120. The van der Waals surface area contributed by atoms with E-state index in [2.05, 4.69) is 15.1 Å². The van der Waals surface area contributed by atoms with Gasteiger partial charge in [-0.05, 0) is 25.8 Å². The molecule has 0 spiro atoms. The van der Waals surface area contributed by atoms with Crippen molar-refractivity contribution < 1.29 is 0 Å². The smallest absolute Gasteiger partial charge is 0.0110 e. The predicted molar refractivity (Wildman–Crippen MR) is 59.5 cm³/mol. The maximum atomic E-state index is 3.21. The molecule has 1 saturated heterocycles. The van der Waals surface area contributed by atoms with E-state index in [1.165, 1.54) is 52.1 Å². The van der Waals surface area contributed by atoms with Gasteiger partial charge in [0.05, 0.1) is 0 Å². The second kappa shape index (κ2) is 5.10. The van der Waals surface area contributed by atoms with Crippen molar-refractivity contribution in [3.05, 3.63) is 0 Å². The molecule has 0 amide bonds. The standard InChI is InChI=1S/C11H23N3/c1-12-4-5-13-6-8-14(9-7-13)10-11-2-3-11/h11-12H,2-10H2,1H3. The van der Waals surface area contributed by atoms with Crippen LogP contribution in [0.5, 0.6) is 0 Å². The number of rotatable bonds is 5. The van der Waals surface area contributed by atoms with Crippen LogP contribution in [-0.4, -0.2) is 62.7 Å². The summed E-state index contributed by atoms with van der Waals surface area (Å²) in [5.74, 6) is 1.05. The molecular weight excluding hydrogens is 174 g/mol. The molecule has 1 heterocycles. The van der Waals surface area contributed by atoms with Crippen molar-refractivity contribution >= 4 is 0 Å². The molecule has 1 aliphatic carbocycles. The first-order valence-corrected chi connectivity index (χ1v) is 5.98. The van der Waals surface area contributed by atoms with Crippen molar-refractivity contribution in [2.24, 2.45) is 5.92 Å². The van der Waals surface area contributed by atoms with Crippen LogP contribution < -0.4 is 5.32 Å². The van der Waals surface area contributed by atoms with E-state index in [0.29, 0.717) is 0 Å². The Morgan fingerprint density at radius 1 is 1.07 bits per heavy atom. The van der Waals surface area contributed by atoms with Gasteiger partial charge in [0.1, 0.15) is 0 Å². The lowest BCUT2D eigenvalue weighted by atomic mass is 10.3. The molecule has 2 aliphatic rings. The fourth-order valence-corrected chi connectivity index (χ4v) is 2.13. The van der Waals surface area contributed by atoms with Crippen molar-refractivity contribution in [3.63, 3.8) is 0 Å².